The van der Waals surface area contributed by atoms with Crippen molar-refractivity contribution in [1.29, 1.82) is 0 Å². The Bertz CT molecular complexity index is 1120. The molecular weight excluding hydrogens is 396 g/mol. The number of nitrogens with one attached hydrogen (secondary N) is 2. The van der Waals surface area contributed by atoms with E-state index >= 15 is 0 Å². The van der Waals surface area contributed by atoms with Gasteiger partial charge in [0.2, 0.25) is 0 Å². The first-order chi connectivity index (χ1) is 15.1. The number of amides is 1. The second kappa shape index (κ2) is 9.13. The van der Waals surface area contributed by atoms with E-state index in [1.807, 2.05) is 31.3 Å². The Labute approximate surface area is 180 Å². The Hall–Kier alpha value is -3.46. The topological polar surface area (TPSA) is 103 Å². The summed E-state index contributed by atoms with van der Waals surface area (Å²) < 4.78 is 4.57. The van der Waals surface area contributed by atoms with Crippen molar-refractivity contribution in [3.8, 4) is 0 Å². The first-order valence-corrected chi connectivity index (χ1v) is 10.3. The monoisotopic (exact) mass is 422 g/mol. The van der Waals surface area contributed by atoms with Crippen LogP contribution in [0.2, 0.25) is 0 Å². The van der Waals surface area contributed by atoms with Crippen LogP contribution in [0.1, 0.15) is 18.1 Å². The molecule has 4 heterocycles. The van der Waals surface area contributed by atoms with E-state index in [0.717, 1.165) is 60.6 Å². The molecule has 0 radical (unpaired) electrons. The number of hydrogen-bond donors (Lipinski definition) is 2. The second-order valence-electron chi connectivity index (χ2n) is 7.54. The number of aromatic nitrogens is 3. The molecule has 9 heteroatoms. The summed E-state index contributed by atoms with van der Waals surface area (Å²) in [5, 5.41) is 2.55. The van der Waals surface area contributed by atoms with Crippen molar-refractivity contribution in [2.45, 2.75) is 19.9 Å². The van der Waals surface area contributed by atoms with Gasteiger partial charge in [0.25, 0.3) is 5.56 Å². The van der Waals surface area contributed by atoms with E-state index < -0.39 is 6.09 Å². The molecule has 1 fully saturated rings. The number of anilines is 2. The van der Waals surface area contributed by atoms with E-state index in [2.05, 4.69) is 34.8 Å². The number of rotatable bonds is 5. The van der Waals surface area contributed by atoms with Crippen LogP contribution in [0, 0.1) is 0 Å². The zero-order valence-electron chi connectivity index (χ0n) is 17.7. The van der Waals surface area contributed by atoms with E-state index in [9.17, 15) is 9.59 Å². The molecule has 0 unspecified atom stereocenters. The van der Waals surface area contributed by atoms with Crippen molar-refractivity contribution in [3.05, 3.63) is 58.1 Å². The average Bonchev–Trinajstić information content (AvgIpc) is 2.79. The molecule has 3 aromatic heterocycles. The Morgan fingerprint density at radius 3 is 2.65 bits per heavy atom. The zero-order chi connectivity index (χ0) is 21.8. The molecule has 0 atom stereocenters. The van der Waals surface area contributed by atoms with Crippen LogP contribution in [0.4, 0.5) is 16.3 Å². The van der Waals surface area contributed by atoms with Crippen LogP contribution in [0.3, 0.4) is 0 Å². The summed E-state index contributed by atoms with van der Waals surface area (Å²) in [7, 11) is 1.32. The van der Waals surface area contributed by atoms with E-state index in [1.165, 1.54) is 7.11 Å². The molecule has 1 aliphatic heterocycles. The van der Waals surface area contributed by atoms with Gasteiger partial charge in [-0.05, 0) is 36.2 Å². The van der Waals surface area contributed by atoms with Crippen LogP contribution < -0.4 is 15.8 Å². The third-order valence-corrected chi connectivity index (χ3v) is 5.51. The molecule has 1 saturated heterocycles. The van der Waals surface area contributed by atoms with Crippen LogP contribution in [0.15, 0.2) is 41.5 Å². The second-order valence-corrected chi connectivity index (χ2v) is 7.54. The van der Waals surface area contributed by atoms with Crippen LogP contribution in [0.25, 0.3) is 11.0 Å². The molecule has 0 aliphatic carbocycles. The van der Waals surface area contributed by atoms with Gasteiger partial charge in [-0.3, -0.25) is 20.0 Å². The zero-order valence-corrected chi connectivity index (χ0v) is 17.7. The average molecular weight is 422 g/mol. The van der Waals surface area contributed by atoms with Gasteiger partial charge in [0.05, 0.1) is 30.0 Å². The number of carbonyl (C=O) groups excluding carboxylic acids is 1. The van der Waals surface area contributed by atoms with Crippen LogP contribution in [-0.2, 0) is 17.7 Å². The van der Waals surface area contributed by atoms with E-state index in [4.69, 9.17) is 0 Å². The van der Waals surface area contributed by atoms with Gasteiger partial charge < -0.3 is 14.6 Å². The number of H-pyrrole nitrogens is 1. The molecule has 162 valence electrons. The van der Waals surface area contributed by atoms with E-state index in [0.29, 0.717) is 12.2 Å². The van der Waals surface area contributed by atoms with Gasteiger partial charge in [0, 0.05) is 44.5 Å². The minimum atomic E-state index is -0.535. The maximum atomic E-state index is 12.1. The van der Waals surface area contributed by atoms with Gasteiger partial charge in [0.15, 0.2) is 0 Å². The Morgan fingerprint density at radius 1 is 1.16 bits per heavy atom. The summed E-state index contributed by atoms with van der Waals surface area (Å²) in [4.78, 5) is 39.8. The fraction of sp³-hybridized carbons (Fsp3) is 0.364. The number of pyridine rings is 3. The van der Waals surface area contributed by atoms with Crippen molar-refractivity contribution >= 4 is 28.6 Å². The molecule has 0 bridgehead atoms. The number of ether oxygens (including phenoxy) is 1. The minimum absolute atomic E-state index is 0.0380. The summed E-state index contributed by atoms with van der Waals surface area (Å²) in [5.41, 5.74) is 4.43. The van der Waals surface area contributed by atoms with Crippen molar-refractivity contribution < 1.29 is 9.53 Å². The fourth-order valence-electron chi connectivity index (χ4n) is 3.74. The lowest BCUT2D eigenvalue weighted by Gasteiger charge is -2.36. The lowest BCUT2D eigenvalue weighted by atomic mass is 10.1. The van der Waals surface area contributed by atoms with Crippen molar-refractivity contribution in [3.63, 3.8) is 0 Å². The molecule has 1 amide bonds. The van der Waals surface area contributed by atoms with E-state index in [1.54, 1.807) is 12.3 Å². The summed E-state index contributed by atoms with van der Waals surface area (Å²) in [6.45, 7) is 6.33. The molecule has 3 aromatic rings. The molecule has 2 N–H and O–H groups in total. The first kappa shape index (κ1) is 20.8. The predicted molar refractivity (Wildman–Crippen MR) is 119 cm³/mol. The number of aryl methyl sites for hydroxylation is 1. The Morgan fingerprint density at radius 2 is 1.97 bits per heavy atom. The maximum absolute atomic E-state index is 12.1. The van der Waals surface area contributed by atoms with Crippen molar-refractivity contribution in [1.82, 2.24) is 19.9 Å². The quantitative estimate of drug-likeness (QED) is 0.651. The van der Waals surface area contributed by atoms with Crippen molar-refractivity contribution in [2.75, 3.05) is 43.5 Å². The molecule has 9 nitrogen and oxygen atoms in total. The number of hydrogen-bond acceptors (Lipinski definition) is 7. The fourth-order valence-corrected chi connectivity index (χ4v) is 3.74. The third-order valence-electron chi connectivity index (χ3n) is 5.51. The number of fused-ring (bicyclic) bond motifs is 1. The molecule has 4 rings (SSSR count). The summed E-state index contributed by atoms with van der Waals surface area (Å²) >= 11 is 0. The highest BCUT2D eigenvalue weighted by Gasteiger charge is 2.18. The predicted octanol–water partition coefficient (Wildman–Crippen LogP) is 2.38. The van der Waals surface area contributed by atoms with Crippen molar-refractivity contribution in [2.24, 2.45) is 0 Å². The molecule has 0 aromatic carbocycles. The number of nitrogens with zero attached hydrogens (tertiary/aromatic N) is 4. The van der Waals surface area contributed by atoms with Crippen LogP contribution in [-0.4, -0.2) is 59.2 Å². The third kappa shape index (κ3) is 4.83. The van der Waals surface area contributed by atoms with Gasteiger partial charge in [-0.15, -0.1) is 0 Å². The number of aromatic amines is 1. The SMILES string of the molecule is CCc1cc2ncc(CN3CCN(c4ccc(NC(=O)OC)nc4)CC3)cc2[nH]c1=O. The summed E-state index contributed by atoms with van der Waals surface area (Å²) in [5.74, 6) is 0.460. The Kier molecular flexibility index (Phi) is 6.13. The highest BCUT2D eigenvalue weighted by atomic mass is 16.5. The number of carbonyl (C=O) groups is 1. The normalized spacial score (nSPS) is 14.6. The van der Waals surface area contributed by atoms with Crippen LogP contribution in [0.5, 0.6) is 0 Å². The smallest absolute Gasteiger partial charge is 0.412 e. The van der Waals surface area contributed by atoms with Gasteiger partial charge in [0.1, 0.15) is 5.82 Å². The molecular formula is C22H26N6O3. The van der Waals surface area contributed by atoms with Crippen LogP contribution >= 0.6 is 0 Å². The van der Waals surface area contributed by atoms with Gasteiger partial charge in [-0.2, -0.15) is 0 Å². The lowest BCUT2D eigenvalue weighted by Crippen LogP contribution is -2.46. The maximum Gasteiger partial charge on any atom is 0.412 e. The molecule has 31 heavy (non-hydrogen) atoms. The van der Waals surface area contributed by atoms with Gasteiger partial charge in [-0.25, -0.2) is 9.78 Å². The number of piperazine rings is 1. The summed E-state index contributed by atoms with van der Waals surface area (Å²) in [6.07, 6.45) is 3.81. The van der Waals surface area contributed by atoms with Gasteiger partial charge >= 0.3 is 6.09 Å². The Balaban J connectivity index is 1.36. The van der Waals surface area contributed by atoms with E-state index in [-0.39, 0.29) is 5.56 Å². The number of methoxy groups -OCH3 is 1. The highest BCUT2D eigenvalue weighted by Crippen LogP contribution is 2.19. The van der Waals surface area contributed by atoms with Gasteiger partial charge in [-0.1, -0.05) is 6.92 Å². The highest BCUT2D eigenvalue weighted by molar-refractivity contribution is 5.83. The first-order valence-electron chi connectivity index (χ1n) is 10.3. The standard InChI is InChI=1S/C22H26N6O3/c1-3-16-11-18-19(25-21(16)29)10-15(12-23-18)14-27-6-8-28(9-7-27)17-4-5-20(24-13-17)26-22(30)31-2/h4-5,10-13H,3,6-9,14H2,1-2H3,(H,25,29)(H,24,26,30). The molecule has 0 spiro atoms. The largest absolute Gasteiger partial charge is 0.453 e. The molecule has 1 aliphatic rings. The minimum Gasteiger partial charge on any atom is -0.453 e. The lowest BCUT2D eigenvalue weighted by molar-refractivity contribution is 0.187. The molecule has 0 saturated carbocycles. The summed E-state index contributed by atoms with van der Waals surface area (Å²) in [6, 6.07) is 7.61.